The van der Waals surface area contributed by atoms with Gasteiger partial charge < -0.3 is 4.79 Å². The highest BCUT2D eigenvalue weighted by molar-refractivity contribution is 7.97. The molecule has 3 nitrogen and oxygen atoms in total. The lowest BCUT2D eigenvalue weighted by atomic mass is 10.0. The molecule has 0 aromatic carbocycles. The molecule has 2 fully saturated rings. The number of carbonyl (C=O) groups excluding carboxylic acids is 1. The smallest absolute Gasteiger partial charge is 0.123 e. The highest BCUT2D eigenvalue weighted by atomic mass is 32.2. The van der Waals surface area contributed by atoms with Crippen molar-refractivity contribution in [1.29, 1.82) is 0 Å². The van der Waals surface area contributed by atoms with Crippen LogP contribution in [0.25, 0.3) is 0 Å². The van der Waals surface area contributed by atoms with Gasteiger partial charge in [0.05, 0.1) is 5.37 Å². The zero-order chi connectivity index (χ0) is 9.26. The summed E-state index contributed by atoms with van der Waals surface area (Å²) in [6.45, 7) is 3.38. The Bertz CT molecular complexity index is 192. The van der Waals surface area contributed by atoms with Crippen LogP contribution in [-0.4, -0.2) is 47.5 Å². The molecule has 2 rings (SSSR count). The van der Waals surface area contributed by atoms with Gasteiger partial charge in [-0.1, -0.05) is 11.9 Å². The van der Waals surface area contributed by atoms with Crippen LogP contribution in [0, 0.1) is 5.92 Å². The Morgan fingerprint density at radius 3 is 2.46 bits per heavy atom. The van der Waals surface area contributed by atoms with Crippen molar-refractivity contribution in [3.63, 3.8) is 0 Å². The van der Waals surface area contributed by atoms with Crippen LogP contribution in [0.2, 0.25) is 0 Å². The summed E-state index contributed by atoms with van der Waals surface area (Å²) in [5.41, 5.74) is 0. The highest BCUT2D eigenvalue weighted by Gasteiger charge is 2.33. The zero-order valence-electron chi connectivity index (χ0n) is 7.98. The Hall–Kier alpha value is -0.0600. The Balaban J connectivity index is 1.69. The van der Waals surface area contributed by atoms with Gasteiger partial charge in [0.15, 0.2) is 0 Å². The molecule has 0 aromatic heterocycles. The third-order valence-electron chi connectivity index (χ3n) is 2.76. The summed E-state index contributed by atoms with van der Waals surface area (Å²) in [5, 5.41) is 0.716. The molecule has 2 aliphatic heterocycles. The highest BCUT2D eigenvalue weighted by Crippen LogP contribution is 2.32. The van der Waals surface area contributed by atoms with Crippen LogP contribution < -0.4 is 0 Å². The van der Waals surface area contributed by atoms with E-state index < -0.39 is 0 Å². The van der Waals surface area contributed by atoms with E-state index in [1.54, 1.807) is 0 Å². The van der Waals surface area contributed by atoms with Crippen LogP contribution >= 0.6 is 11.9 Å². The van der Waals surface area contributed by atoms with Crippen molar-refractivity contribution in [2.75, 3.05) is 26.7 Å². The minimum Gasteiger partial charge on any atom is -0.303 e. The Morgan fingerprint density at radius 2 is 2.00 bits per heavy atom. The second-order valence-electron chi connectivity index (χ2n) is 3.90. The van der Waals surface area contributed by atoms with E-state index in [9.17, 15) is 4.79 Å². The van der Waals surface area contributed by atoms with Crippen molar-refractivity contribution >= 4 is 18.2 Å². The first-order chi connectivity index (χ1) is 6.29. The molecule has 0 saturated carbocycles. The predicted octanol–water partition coefficient (Wildman–Crippen LogP) is 0.817. The molecule has 2 heterocycles. The number of piperidine rings is 1. The van der Waals surface area contributed by atoms with Gasteiger partial charge in [-0.25, -0.2) is 4.31 Å². The molecule has 13 heavy (non-hydrogen) atoms. The number of carbonyl (C=O) groups is 1. The molecule has 0 spiro atoms. The van der Waals surface area contributed by atoms with E-state index in [1.807, 2.05) is 11.9 Å². The van der Waals surface area contributed by atoms with E-state index in [-0.39, 0.29) is 0 Å². The Morgan fingerprint density at radius 1 is 1.38 bits per heavy atom. The van der Waals surface area contributed by atoms with Gasteiger partial charge in [-0.15, -0.1) is 0 Å². The second kappa shape index (κ2) is 3.98. The Labute approximate surface area is 83.6 Å². The molecule has 2 saturated heterocycles. The SMILES string of the molecule is CN1CC1SN1CCC(C=O)CC1. The number of likely N-dealkylation sites (N-methyl/N-ethyl adjacent to an activating group) is 1. The van der Waals surface area contributed by atoms with Crippen molar-refractivity contribution < 1.29 is 4.79 Å². The van der Waals surface area contributed by atoms with Crippen molar-refractivity contribution in [3.8, 4) is 0 Å². The van der Waals surface area contributed by atoms with Crippen molar-refractivity contribution in [2.45, 2.75) is 18.2 Å². The fourth-order valence-electron chi connectivity index (χ4n) is 1.60. The first-order valence-corrected chi connectivity index (χ1v) is 5.70. The van der Waals surface area contributed by atoms with E-state index in [4.69, 9.17) is 0 Å². The van der Waals surface area contributed by atoms with Crippen molar-refractivity contribution in [2.24, 2.45) is 5.92 Å². The lowest BCUT2D eigenvalue weighted by Gasteiger charge is -2.28. The third-order valence-corrected chi connectivity index (χ3v) is 4.18. The van der Waals surface area contributed by atoms with Crippen LogP contribution in [-0.2, 0) is 4.79 Å². The molecule has 0 aliphatic carbocycles. The monoisotopic (exact) mass is 200 g/mol. The third kappa shape index (κ3) is 2.45. The maximum absolute atomic E-state index is 10.5. The normalized spacial score (nSPS) is 36.1. The Kier molecular flexibility index (Phi) is 2.91. The largest absolute Gasteiger partial charge is 0.303 e. The van der Waals surface area contributed by atoms with Crippen LogP contribution in [0.15, 0.2) is 0 Å². The topological polar surface area (TPSA) is 23.3 Å². The summed E-state index contributed by atoms with van der Waals surface area (Å²) in [6, 6.07) is 0. The minimum absolute atomic E-state index is 0.328. The summed E-state index contributed by atoms with van der Waals surface area (Å²) in [5.74, 6) is 0.328. The van der Waals surface area contributed by atoms with Gasteiger partial charge in [0.25, 0.3) is 0 Å². The fraction of sp³-hybridized carbons (Fsp3) is 0.889. The van der Waals surface area contributed by atoms with Crippen molar-refractivity contribution in [3.05, 3.63) is 0 Å². The molecule has 0 aromatic rings. The van der Waals surface area contributed by atoms with Gasteiger partial charge in [-0.05, 0) is 19.9 Å². The first kappa shape index (κ1) is 9.49. The second-order valence-corrected chi connectivity index (χ2v) is 5.17. The average Bonchev–Trinajstić information content (AvgIpc) is 2.83. The van der Waals surface area contributed by atoms with Gasteiger partial charge in [-0.3, -0.25) is 4.90 Å². The van der Waals surface area contributed by atoms with Gasteiger partial charge in [0.1, 0.15) is 6.29 Å². The number of hydrogen-bond acceptors (Lipinski definition) is 4. The number of rotatable bonds is 3. The fourth-order valence-corrected chi connectivity index (χ4v) is 2.83. The summed E-state index contributed by atoms with van der Waals surface area (Å²) >= 11 is 1.95. The predicted molar refractivity (Wildman–Crippen MR) is 54.4 cm³/mol. The minimum atomic E-state index is 0.328. The maximum Gasteiger partial charge on any atom is 0.123 e. The van der Waals surface area contributed by atoms with E-state index in [1.165, 1.54) is 6.54 Å². The molecule has 2 atom stereocenters. The average molecular weight is 200 g/mol. The van der Waals surface area contributed by atoms with Crippen LogP contribution in [0.3, 0.4) is 0 Å². The number of aldehydes is 1. The quantitative estimate of drug-likeness (QED) is 0.382. The standard InChI is InChI=1S/C9H16N2OS/c1-10-6-9(10)13-11-4-2-8(7-12)3-5-11/h7-9H,2-6H2,1H3. The van der Waals surface area contributed by atoms with Crippen molar-refractivity contribution in [1.82, 2.24) is 9.21 Å². The lowest BCUT2D eigenvalue weighted by Crippen LogP contribution is -2.29. The molecular formula is C9H16N2OS. The van der Waals surface area contributed by atoms with Crippen LogP contribution in [0.4, 0.5) is 0 Å². The molecule has 0 bridgehead atoms. The van der Waals surface area contributed by atoms with Crippen LogP contribution in [0.1, 0.15) is 12.8 Å². The van der Waals surface area contributed by atoms with E-state index in [2.05, 4.69) is 16.3 Å². The lowest BCUT2D eigenvalue weighted by molar-refractivity contribution is -0.112. The van der Waals surface area contributed by atoms with E-state index in [0.29, 0.717) is 11.3 Å². The molecule has 74 valence electrons. The van der Waals surface area contributed by atoms with Gasteiger partial charge in [-0.2, -0.15) is 0 Å². The molecule has 0 amide bonds. The summed E-state index contributed by atoms with van der Waals surface area (Å²) < 4.78 is 2.41. The summed E-state index contributed by atoms with van der Waals surface area (Å²) in [6.07, 6.45) is 3.21. The molecule has 0 N–H and O–H groups in total. The van der Waals surface area contributed by atoms with Gasteiger partial charge in [0, 0.05) is 25.6 Å². The number of hydrogen-bond donors (Lipinski definition) is 0. The number of nitrogens with zero attached hydrogens (tertiary/aromatic N) is 2. The molecule has 2 aliphatic rings. The molecule has 2 unspecified atom stereocenters. The summed E-state index contributed by atoms with van der Waals surface area (Å²) in [4.78, 5) is 12.8. The molecule has 4 heteroatoms. The first-order valence-electron chi connectivity index (χ1n) is 4.87. The van der Waals surface area contributed by atoms with Gasteiger partial charge >= 0.3 is 0 Å². The van der Waals surface area contributed by atoms with Gasteiger partial charge in [0.2, 0.25) is 0 Å². The molecular weight excluding hydrogens is 184 g/mol. The van der Waals surface area contributed by atoms with E-state index >= 15 is 0 Å². The summed E-state index contributed by atoms with van der Waals surface area (Å²) in [7, 11) is 2.15. The zero-order valence-corrected chi connectivity index (χ0v) is 8.80. The van der Waals surface area contributed by atoms with Crippen LogP contribution in [0.5, 0.6) is 0 Å². The van der Waals surface area contributed by atoms with E-state index in [0.717, 1.165) is 32.2 Å². The maximum atomic E-state index is 10.5. The molecule has 0 radical (unpaired) electrons.